The summed E-state index contributed by atoms with van der Waals surface area (Å²) < 4.78 is 32.7. The minimum absolute atomic E-state index is 0.0356. The molecule has 0 unspecified atom stereocenters. The van der Waals surface area contributed by atoms with Crippen molar-refractivity contribution in [2.24, 2.45) is 0 Å². The number of carbonyl (C=O) groups is 1. The van der Waals surface area contributed by atoms with Crippen LogP contribution in [0.1, 0.15) is 21.8 Å². The third-order valence-corrected chi connectivity index (χ3v) is 5.98. The molecule has 2 aromatic carbocycles. The lowest BCUT2D eigenvalue weighted by molar-refractivity contribution is 0.102. The molecule has 7 nitrogen and oxygen atoms in total. The molecule has 0 fully saturated rings. The molecular weight excluding hydrogens is 402 g/mol. The predicted molar refractivity (Wildman–Crippen MR) is 114 cm³/mol. The molecule has 0 aliphatic rings. The third kappa shape index (κ3) is 4.24. The highest BCUT2D eigenvalue weighted by Gasteiger charge is 2.17. The zero-order valence-electron chi connectivity index (χ0n) is 16.1. The molecule has 4 rings (SSSR count). The van der Waals surface area contributed by atoms with Gasteiger partial charge in [0.15, 0.2) is 0 Å². The van der Waals surface area contributed by atoms with Crippen LogP contribution in [-0.2, 0) is 16.6 Å². The number of hydrogen-bond donors (Lipinski definition) is 2. The van der Waals surface area contributed by atoms with Gasteiger partial charge < -0.3 is 9.73 Å². The van der Waals surface area contributed by atoms with Crippen LogP contribution in [0.25, 0.3) is 10.9 Å². The number of anilines is 1. The number of para-hydroxylation sites is 1. The molecule has 4 aromatic rings. The number of aromatic nitrogens is 1. The van der Waals surface area contributed by atoms with E-state index < -0.39 is 10.0 Å². The molecule has 2 aromatic heterocycles. The monoisotopic (exact) mass is 421 g/mol. The molecule has 1 amide bonds. The SMILES string of the molecule is Cc1nc2ccccc2cc1C(=O)Nc1cccc(S(=O)(=O)NCc2ccco2)c1. The average molecular weight is 421 g/mol. The summed E-state index contributed by atoms with van der Waals surface area (Å²) in [6, 6.07) is 18.8. The minimum Gasteiger partial charge on any atom is -0.468 e. The fraction of sp³-hybridized carbons (Fsp3) is 0.0909. The topological polar surface area (TPSA) is 101 Å². The predicted octanol–water partition coefficient (Wildman–Crippen LogP) is 3.87. The van der Waals surface area contributed by atoms with E-state index in [-0.39, 0.29) is 17.3 Å². The molecule has 0 saturated carbocycles. The zero-order valence-corrected chi connectivity index (χ0v) is 16.9. The molecule has 152 valence electrons. The highest BCUT2D eigenvalue weighted by atomic mass is 32.2. The minimum atomic E-state index is -3.77. The Hall–Kier alpha value is -3.49. The Morgan fingerprint density at radius 2 is 1.87 bits per heavy atom. The number of aryl methyl sites for hydroxylation is 1. The van der Waals surface area contributed by atoms with Crippen LogP contribution in [0, 0.1) is 6.92 Å². The lowest BCUT2D eigenvalue weighted by atomic mass is 10.1. The number of furan rings is 1. The second-order valence-corrected chi connectivity index (χ2v) is 8.47. The summed E-state index contributed by atoms with van der Waals surface area (Å²) in [6.45, 7) is 1.80. The lowest BCUT2D eigenvalue weighted by Gasteiger charge is -2.11. The summed E-state index contributed by atoms with van der Waals surface area (Å²) in [7, 11) is -3.77. The van der Waals surface area contributed by atoms with Crippen molar-refractivity contribution in [3.63, 3.8) is 0 Å². The first-order chi connectivity index (χ1) is 14.4. The number of nitrogens with zero attached hydrogens (tertiary/aromatic N) is 1. The van der Waals surface area contributed by atoms with Crippen LogP contribution in [-0.4, -0.2) is 19.3 Å². The largest absolute Gasteiger partial charge is 0.468 e. The van der Waals surface area contributed by atoms with Crippen molar-refractivity contribution in [3.8, 4) is 0 Å². The van der Waals surface area contributed by atoms with Crippen LogP contribution in [0.5, 0.6) is 0 Å². The van der Waals surface area contributed by atoms with E-state index in [9.17, 15) is 13.2 Å². The molecule has 0 aliphatic heterocycles. The molecule has 0 saturated heterocycles. The Morgan fingerprint density at radius 1 is 1.03 bits per heavy atom. The molecule has 2 N–H and O–H groups in total. The van der Waals surface area contributed by atoms with Crippen LogP contribution in [0.3, 0.4) is 0 Å². The van der Waals surface area contributed by atoms with Crippen LogP contribution >= 0.6 is 0 Å². The van der Waals surface area contributed by atoms with Gasteiger partial charge in [-0.05, 0) is 49.4 Å². The normalized spacial score (nSPS) is 11.5. The van der Waals surface area contributed by atoms with Gasteiger partial charge >= 0.3 is 0 Å². The second kappa shape index (κ2) is 8.10. The van der Waals surface area contributed by atoms with E-state index in [1.165, 1.54) is 18.4 Å². The fourth-order valence-electron chi connectivity index (χ4n) is 3.04. The van der Waals surface area contributed by atoms with Crippen molar-refractivity contribution in [1.29, 1.82) is 0 Å². The summed E-state index contributed by atoms with van der Waals surface area (Å²) >= 11 is 0. The van der Waals surface area contributed by atoms with Gasteiger partial charge in [0.05, 0.1) is 34.5 Å². The average Bonchev–Trinajstić information content (AvgIpc) is 3.26. The van der Waals surface area contributed by atoms with Crippen molar-refractivity contribution < 1.29 is 17.6 Å². The number of amides is 1. The zero-order chi connectivity index (χ0) is 21.1. The molecule has 0 bridgehead atoms. The fourth-order valence-corrected chi connectivity index (χ4v) is 4.08. The first-order valence-corrected chi connectivity index (χ1v) is 10.7. The van der Waals surface area contributed by atoms with E-state index in [0.29, 0.717) is 22.7 Å². The highest BCUT2D eigenvalue weighted by molar-refractivity contribution is 7.89. The number of sulfonamides is 1. The molecule has 30 heavy (non-hydrogen) atoms. The Morgan fingerprint density at radius 3 is 2.67 bits per heavy atom. The maximum atomic E-state index is 12.8. The number of pyridine rings is 1. The van der Waals surface area contributed by atoms with Crippen molar-refractivity contribution in [1.82, 2.24) is 9.71 Å². The Kier molecular flexibility index (Phi) is 5.35. The van der Waals surface area contributed by atoms with Crippen LogP contribution in [0.15, 0.2) is 82.3 Å². The van der Waals surface area contributed by atoms with Crippen LogP contribution in [0.4, 0.5) is 5.69 Å². The molecule has 0 spiro atoms. The number of hydrogen-bond acceptors (Lipinski definition) is 5. The maximum absolute atomic E-state index is 12.8. The van der Waals surface area contributed by atoms with Crippen LogP contribution in [0.2, 0.25) is 0 Å². The molecule has 0 radical (unpaired) electrons. The summed E-state index contributed by atoms with van der Waals surface area (Å²) in [5.41, 5.74) is 2.20. The first-order valence-electron chi connectivity index (χ1n) is 9.22. The molecule has 0 atom stereocenters. The highest BCUT2D eigenvalue weighted by Crippen LogP contribution is 2.20. The standard InChI is InChI=1S/C22H19N3O4S/c1-15-20(12-16-6-2-3-10-21(16)24-15)22(26)25-17-7-4-9-19(13-17)30(27,28)23-14-18-8-5-11-29-18/h2-13,23H,14H2,1H3,(H,25,26). The summed E-state index contributed by atoms with van der Waals surface area (Å²) in [4.78, 5) is 17.3. The van der Waals surface area contributed by atoms with Gasteiger partial charge in [0.25, 0.3) is 5.91 Å². The van der Waals surface area contributed by atoms with E-state index in [1.54, 1.807) is 37.3 Å². The van der Waals surface area contributed by atoms with E-state index in [2.05, 4.69) is 15.0 Å². The molecular formula is C22H19N3O4S. The Labute approximate surface area is 173 Å². The quantitative estimate of drug-likeness (QED) is 0.492. The summed E-state index contributed by atoms with van der Waals surface area (Å²) in [5.74, 6) is 0.145. The Balaban J connectivity index is 1.54. The van der Waals surface area contributed by atoms with Crippen LogP contribution < -0.4 is 10.0 Å². The van der Waals surface area contributed by atoms with Gasteiger partial charge in [-0.2, -0.15) is 0 Å². The van der Waals surface area contributed by atoms with E-state index in [4.69, 9.17) is 4.42 Å². The van der Waals surface area contributed by atoms with Crippen molar-refractivity contribution in [2.75, 3.05) is 5.32 Å². The Bertz CT molecular complexity index is 1320. The second-order valence-electron chi connectivity index (χ2n) is 6.70. The van der Waals surface area contributed by atoms with Crippen molar-refractivity contribution >= 4 is 32.5 Å². The van der Waals surface area contributed by atoms with E-state index >= 15 is 0 Å². The number of fused-ring (bicyclic) bond motifs is 1. The van der Waals surface area contributed by atoms with Crippen molar-refractivity contribution in [2.45, 2.75) is 18.4 Å². The summed E-state index contributed by atoms with van der Waals surface area (Å²) in [6.07, 6.45) is 1.48. The van der Waals surface area contributed by atoms with Crippen molar-refractivity contribution in [3.05, 3.63) is 90.0 Å². The molecule has 0 aliphatic carbocycles. The lowest BCUT2D eigenvalue weighted by Crippen LogP contribution is -2.23. The third-order valence-electron chi connectivity index (χ3n) is 4.58. The van der Waals surface area contributed by atoms with Gasteiger partial charge in [-0.15, -0.1) is 0 Å². The van der Waals surface area contributed by atoms with Gasteiger partial charge in [-0.1, -0.05) is 24.3 Å². The number of carbonyl (C=O) groups excluding carboxylic acids is 1. The van der Waals surface area contributed by atoms with E-state index in [1.807, 2.05) is 24.3 Å². The number of benzene rings is 2. The van der Waals surface area contributed by atoms with E-state index in [0.717, 1.165) is 10.9 Å². The van der Waals surface area contributed by atoms with Gasteiger partial charge in [-0.3, -0.25) is 9.78 Å². The number of nitrogens with one attached hydrogen (secondary N) is 2. The van der Waals surface area contributed by atoms with Gasteiger partial charge in [0.2, 0.25) is 10.0 Å². The summed E-state index contributed by atoms with van der Waals surface area (Å²) in [5, 5.41) is 3.61. The van der Waals surface area contributed by atoms with Gasteiger partial charge in [0.1, 0.15) is 5.76 Å². The van der Waals surface area contributed by atoms with Gasteiger partial charge in [0, 0.05) is 11.1 Å². The maximum Gasteiger partial charge on any atom is 0.257 e. The molecule has 8 heteroatoms. The molecule has 2 heterocycles. The first kappa shape index (κ1) is 19.8. The van der Waals surface area contributed by atoms with Gasteiger partial charge in [-0.25, -0.2) is 13.1 Å². The smallest absolute Gasteiger partial charge is 0.257 e. The number of rotatable bonds is 6.